The number of hydrogen-bond acceptors (Lipinski definition) is 3. The highest BCUT2D eigenvalue weighted by atomic mass is 16.6. The number of piperidine rings is 1. The molecule has 2 rings (SSSR count). The van der Waals surface area contributed by atoms with Crippen molar-refractivity contribution < 1.29 is 9.72 Å². The van der Waals surface area contributed by atoms with Gasteiger partial charge in [-0.3, -0.25) is 14.9 Å². The molecule has 0 saturated carbocycles. The van der Waals surface area contributed by atoms with Gasteiger partial charge >= 0.3 is 0 Å². The zero-order valence-electron chi connectivity index (χ0n) is 10.4. The number of carbonyl (C=O) groups is 1. The van der Waals surface area contributed by atoms with Gasteiger partial charge in [0.25, 0.3) is 11.6 Å². The van der Waals surface area contributed by atoms with Crippen molar-refractivity contribution in [1.82, 2.24) is 4.90 Å². The Balaban J connectivity index is 2.30. The highest BCUT2D eigenvalue weighted by Crippen LogP contribution is 2.23. The number of nitro groups is 1. The van der Waals surface area contributed by atoms with Crippen LogP contribution in [-0.2, 0) is 0 Å². The van der Waals surface area contributed by atoms with Gasteiger partial charge in [0.1, 0.15) is 0 Å². The van der Waals surface area contributed by atoms with E-state index >= 15 is 0 Å². The van der Waals surface area contributed by atoms with E-state index in [9.17, 15) is 14.9 Å². The van der Waals surface area contributed by atoms with E-state index in [1.54, 1.807) is 24.0 Å². The summed E-state index contributed by atoms with van der Waals surface area (Å²) in [4.78, 5) is 24.5. The molecule has 18 heavy (non-hydrogen) atoms. The maximum absolute atomic E-state index is 12.3. The van der Waals surface area contributed by atoms with Crippen molar-refractivity contribution >= 4 is 11.6 Å². The number of amides is 1. The fraction of sp³-hybridized carbons (Fsp3) is 0.462. The third kappa shape index (κ3) is 2.34. The van der Waals surface area contributed by atoms with Crippen LogP contribution in [0.1, 0.15) is 35.2 Å². The molecule has 1 aromatic rings. The quantitative estimate of drug-likeness (QED) is 0.596. The highest BCUT2D eigenvalue weighted by molar-refractivity contribution is 5.96. The predicted octanol–water partition coefficient (Wildman–Crippen LogP) is 2.53. The van der Waals surface area contributed by atoms with Crippen LogP contribution in [0.15, 0.2) is 18.2 Å². The normalized spacial score (nSPS) is 15.5. The summed E-state index contributed by atoms with van der Waals surface area (Å²) in [6.07, 6.45) is 3.18. The molecule has 1 saturated heterocycles. The smallest absolute Gasteiger partial charge is 0.273 e. The summed E-state index contributed by atoms with van der Waals surface area (Å²) in [5, 5.41) is 10.9. The summed E-state index contributed by atoms with van der Waals surface area (Å²) in [7, 11) is 0. The minimum absolute atomic E-state index is 0.0119. The number of likely N-dealkylation sites (tertiary alicyclic amines) is 1. The van der Waals surface area contributed by atoms with Gasteiger partial charge in [-0.15, -0.1) is 0 Å². The maximum Gasteiger partial charge on any atom is 0.273 e. The molecule has 1 amide bonds. The SMILES string of the molecule is Cc1c(C(=O)N2CCCCC2)cccc1[N+](=O)[O-]. The van der Waals surface area contributed by atoms with E-state index in [2.05, 4.69) is 0 Å². The molecule has 1 fully saturated rings. The molecule has 0 aromatic heterocycles. The van der Waals surface area contributed by atoms with Crippen molar-refractivity contribution in [3.63, 3.8) is 0 Å². The fourth-order valence-electron chi connectivity index (χ4n) is 2.32. The molecular weight excluding hydrogens is 232 g/mol. The van der Waals surface area contributed by atoms with Crippen LogP contribution in [-0.4, -0.2) is 28.8 Å². The van der Waals surface area contributed by atoms with Crippen LogP contribution in [0.4, 0.5) is 5.69 Å². The van der Waals surface area contributed by atoms with Crippen molar-refractivity contribution in [2.24, 2.45) is 0 Å². The third-order valence-corrected chi connectivity index (χ3v) is 3.38. The molecular formula is C13H16N2O3. The van der Waals surface area contributed by atoms with Crippen molar-refractivity contribution in [2.45, 2.75) is 26.2 Å². The first kappa shape index (κ1) is 12.5. The molecule has 0 aliphatic carbocycles. The van der Waals surface area contributed by atoms with Gasteiger partial charge in [-0.1, -0.05) is 6.07 Å². The lowest BCUT2D eigenvalue weighted by molar-refractivity contribution is -0.385. The number of nitrogens with zero attached hydrogens (tertiary/aromatic N) is 2. The van der Waals surface area contributed by atoms with Gasteiger partial charge in [-0.05, 0) is 32.3 Å². The van der Waals surface area contributed by atoms with E-state index < -0.39 is 4.92 Å². The predicted molar refractivity (Wildman–Crippen MR) is 67.6 cm³/mol. The van der Waals surface area contributed by atoms with Crippen molar-refractivity contribution in [3.8, 4) is 0 Å². The second-order valence-electron chi connectivity index (χ2n) is 4.56. The van der Waals surface area contributed by atoms with Crippen LogP contribution in [0.3, 0.4) is 0 Å². The topological polar surface area (TPSA) is 63.5 Å². The van der Waals surface area contributed by atoms with Gasteiger partial charge in [0.2, 0.25) is 0 Å². The van der Waals surface area contributed by atoms with E-state index in [-0.39, 0.29) is 11.6 Å². The molecule has 5 nitrogen and oxygen atoms in total. The monoisotopic (exact) mass is 248 g/mol. The van der Waals surface area contributed by atoms with Gasteiger partial charge < -0.3 is 4.90 Å². The number of rotatable bonds is 2. The van der Waals surface area contributed by atoms with E-state index in [1.807, 2.05) is 0 Å². The van der Waals surface area contributed by atoms with E-state index in [0.29, 0.717) is 11.1 Å². The Hall–Kier alpha value is -1.91. The van der Waals surface area contributed by atoms with Gasteiger partial charge in [-0.25, -0.2) is 0 Å². The lowest BCUT2D eigenvalue weighted by Crippen LogP contribution is -2.36. The van der Waals surface area contributed by atoms with Gasteiger partial charge in [-0.2, -0.15) is 0 Å². The summed E-state index contributed by atoms with van der Waals surface area (Å²) < 4.78 is 0. The molecule has 0 radical (unpaired) electrons. The average molecular weight is 248 g/mol. The number of carbonyl (C=O) groups excluding carboxylic acids is 1. The van der Waals surface area contributed by atoms with Gasteiger partial charge in [0.05, 0.1) is 4.92 Å². The Kier molecular flexibility index (Phi) is 3.60. The lowest BCUT2D eigenvalue weighted by Gasteiger charge is -2.27. The Morgan fingerprint density at radius 3 is 2.56 bits per heavy atom. The van der Waals surface area contributed by atoms with Crippen LogP contribution < -0.4 is 0 Å². The molecule has 0 unspecified atom stereocenters. The highest BCUT2D eigenvalue weighted by Gasteiger charge is 2.23. The van der Waals surface area contributed by atoms with Crippen LogP contribution >= 0.6 is 0 Å². The summed E-state index contributed by atoms with van der Waals surface area (Å²) in [6, 6.07) is 4.67. The van der Waals surface area contributed by atoms with Crippen molar-refractivity contribution in [1.29, 1.82) is 0 Å². The third-order valence-electron chi connectivity index (χ3n) is 3.38. The molecule has 96 valence electrons. The van der Waals surface area contributed by atoms with Crippen LogP contribution in [0.5, 0.6) is 0 Å². The number of nitro benzene ring substituents is 1. The Labute approximate surface area is 106 Å². The minimum Gasteiger partial charge on any atom is -0.339 e. The minimum atomic E-state index is -0.442. The second kappa shape index (κ2) is 5.16. The Bertz CT molecular complexity index is 479. The van der Waals surface area contributed by atoms with Crippen molar-refractivity contribution in [3.05, 3.63) is 39.4 Å². The van der Waals surface area contributed by atoms with Crippen LogP contribution in [0.2, 0.25) is 0 Å². The first-order valence-electron chi connectivity index (χ1n) is 6.14. The van der Waals surface area contributed by atoms with Gasteiger partial charge in [0, 0.05) is 30.3 Å². The molecule has 1 aliphatic heterocycles. The zero-order chi connectivity index (χ0) is 13.1. The average Bonchev–Trinajstić information content (AvgIpc) is 2.39. The molecule has 1 aromatic carbocycles. The summed E-state index contributed by atoms with van der Waals surface area (Å²) in [6.45, 7) is 3.14. The van der Waals surface area contributed by atoms with E-state index in [1.165, 1.54) is 6.07 Å². The molecule has 0 spiro atoms. The lowest BCUT2D eigenvalue weighted by atomic mass is 10.0. The standard InChI is InChI=1S/C13H16N2O3/c1-10-11(6-5-7-12(10)15(17)18)13(16)14-8-3-2-4-9-14/h5-7H,2-4,8-9H2,1H3. The summed E-state index contributed by atoms with van der Waals surface area (Å²) >= 11 is 0. The first-order valence-corrected chi connectivity index (χ1v) is 6.14. The van der Waals surface area contributed by atoms with E-state index in [0.717, 1.165) is 32.4 Å². The molecule has 5 heteroatoms. The van der Waals surface area contributed by atoms with Crippen molar-refractivity contribution in [2.75, 3.05) is 13.1 Å². The largest absolute Gasteiger partial charge is 0.339 e. The maximum atomic E-state index is 12.3. The molecule has 0 atom stereocenters. The summed E-state index contributed by atoms with van der Waals surface area (Å²) in [5.74, 6) is -0.0871. The van der Waals surface area contributed by atoms with Gasteiger partial charge in [0.15, 0.2) is 0 Å². The second-order valence-corrected chi connectivity index (χ2v) is 4.56. The molecule has 1 aliphatic rings. The van der Waals surface area contributed by atoms with Crippen LogP contribution in [0.25, 0.3) is 0 Å². The number of hydrogen-bond donors (Lipinski definition) is 0. The fourth-order valence-corrected chi connectivity index (χ4v) is 2.32. The summed E-state index contributed by atoms with van der Waals surface area (Å²) in [5.41, 5.74) is 0.919. The van der Waals surface area contributed by atoms with E-state index in [4.69, 9.17) is 0 Å². The molecule has 1 heterocycles. The molecule has 0 N–H and O–H groups in total. The zero-order valence-corrected chi connectivity index (χ0v) is 10.4. The molecule has 0 bridgehead atoms. The Morgan fingerprint density at radius 1 is 1.28 bits per heavy atom. The first-order chi connectivity index (χ1) is 8.61. The van der Waals surface area contributed by atoms with Crippen LogP contribution in [0, 0.1) is 17.0 Å². The number of benzene rings is 1. The Morgan fingerprint density at radius 2 is 1.94 bits per heavy atom.